The summed E-state index contributed by atoms with van der Waals surface area (Å²) in [6.07, 6.45) is 1.73. The highest BCUT2D eigenvalue weighted by Gasteiger charge is 2.24. The molecule has 0 bridgehead atoms. The molecule has 0 radical (unpaired) electrons. The molecule has 160 valence electrons. The van der Waals surface area contributed by atoms with E-state index in [1.165, 1.54) is 0 Å². The Morgan fingerprint density at radius 1 is 1.16 bits per heavy atom. The molecule has 1 aromatic carbocycles. The minimum Gasteiger partial charge on any atom is -0.347 e. The van der Waals surface area contributed by atoms with Crippen molar-refractivity contribution >= 4 is 33.5 Å². The molecule has 3 aromatic heterocycles. The first-order valence-corrected chi connectivity index (χ1v) is 10.9. The minimum atomic E-state index is 0.433. The molecule has 1 saturated heterocycles. The zero-order chi connectivity index (χ0) is 21.4. The molecular formula is C20H23BrN10. The maximum Gasteiger partial charge on any atom is 0.230 e. The number of fused-ring (bicyclic) bond motifs is 1. The Balaban J connectivity index is 1.40. The fourth-order valence-electron chi connectivity index (χ4n) is 3.58. The van der Waals surface area contributed by atoms with Crippen LogP contribution in [0.3, 0.4) is 0 Å². The van der Waals surface area contributed by atoms with Gasteiger partial charge in [0.2, 0.25) is 11.9 Å². The van der Waals surface area contributed by atoms with Crippen molar-refractivity contribution < 1.29 is 0 Å². The molecule has 0 saturated carbocycles. The van der Waals surface area contributed by atoms with E-state index in [1.54, 1.807) is 10.7 Å². The molecule has 4 heterocycles. The fourth-order valence-corrected chi connectivity index (χ4v) is 3.93. The number of H-pyrrole nitrogens is 1. The van der Waals surface area contributed by atoms with Crippen LogP contribution in [0.4, 0.5) is 11.9 Å². The van der Waals surface area contributed by atoms with Gasteiger partial charge in [0, 0.05) is 31.2 Å². The predicted molar refractivity (Wildman–Crippen MR) is 122 cm³/mol. The van der Waals surface area contributed by atoms with Crippen LogP contribution in [0.15, 0.2) is 41.0 Å². The van der Waals surface area contributed by atoms with E-state index in [0.717, 1.165) is 35.3 Å². The van der Waals surface area contributed by atoms with Gasteiger partial charge in [0.1, 0.15) is 5.82 Å². The Morgan fingerprint density at radius 2 is 2.00 bits per heavy atom. The molecule has 1 fully saturated rings. The number of halogens is 1. The number of benzene rings is 1. The second-order valence-corrected chi connectivity index (χ2v) is 8.53. The highest BCUT2D eigenvalue weighted by molar-refractivity contribution is 9.10. The van der Waals surface area contributed by atoms with E-state index in [4.69, 9.17) is 9.97 Å². The second kappa shape index (κ2) is 8.23. The first kappa shape index (κ1) is 19.9. The molecule has 0 spiro atoms. The van der Waals surface area contributed by atoms with Gasteiger partial charge in [0.05, 0.1) is 17.2 Å². The molecule has 1 aliphatic rings. The van der Waals surface area contributed by atoms with Gasteiger partial charge in [0.25, 0.3) is 0 Å². The number of aromatic nitrogens is 7. The summed E-state index contributed by atoms with van der Waals surface area (Å²) in [5.74, 6) is 2.68. The Hall–Kier alpha value is -3.05. The Morgan fingerprint density at radius 3 is 2.81 bits per heavy atom. The number of likely N-dealkylation sites (N-methyl/N-ethyl adjacent to an activating group) is 1. The van der Waals surface area contributed by atoms with E-state index in [0.29, 0.717) is 36.1 Å². The molecule has 4 aromatic rings. The van der Waals surface area contributed by atoms with Crippen LogP contribution in [0.25, 0.3) is 17.0 Å². The molecule has 10 nitrogen and oxygen atoms in total. The molecule has 0 aliphatic carbocycles. The summed E-state index contributed by atoms with van der Waals surface area (Å²) in [5, 5.41) is 15.1. The Kier molecular flexibility index (Phi) is 5.28. The summed E-state index contributed by atoms with van der Waals surface area (Å²) in [4.78, 5) is 18.7. The van der Waals surface area contributed by atoms with Crippen molar-refractivity contribution in [2.45, 2.75) is 19.5 Å². The van der Waals surface area contributed by atoms with E-state index >= 15 is 0 Å². The average molecular weight is 483 g/mol. The molecule has 1 aliphatic heterocycles. The summed E-state index contributed by atoms with van der Waals surface area (Å²) in [7, 11) is 2.15. The first-order valence-electron chi connectivity index (χ1n) is 10.2. The summed E-state index contributed by atoms with van der Waals surface area (Å²) in [6, 6.07) is 10.3. The first-order chi connectivity index (χ1) is 15.1. The van der Waals surface area contributed by atoms with Crippen LogP contribution in [0.5, 0.6) is 0 Å². The maximum atomic E-state index is 4.78. The number of aromatic amines is 1. The predicted octanol–water partition coefficient (Wildman–Crippen LogP) is 2.42. The van der Waals surface area contributed by atoms with E-state index in [1.807, 2.05) is 30.3 Å². The van der Waals surface area contributed by atoms with Gasteiger partial charge in [0.15, 0.2) is 11.5 Å². The number of rotatable bonds is 5. The van der Waals surface area contributed by atoms with E-state index in [9.17, 15) is 0 Å². The molecule has 11 heteroatoms. The Labute approximate surface area is 187 Å². The number of piperazine rings is 1. The number of hydrogen-bond donors (Lipinski definition) is 2. The van der Waals surface area contributed by atoms with Crippen molar-refractivity contribution in [3.8, 4) is 11.4 Å². The summed E-state index contributed by atoms with van der Waals surface area (Å²) >= 11 is 3.55. The average Bonchev–Trinajstić information content (AvgIpc) is 3.42. The van der Waals surface area contributed by atoms with Gasteiger partial charge in [-0.3, -0.25) is 5.10 Å². The van der Waals surface area contributed by atoms with Crippen LogP contribution in [-0.4, -0.2) is 72.4 Å². The Bertz CT molecular complexity index is 1190. The van der Waals surface area contributed by atoms with Gasteiger partial charge in [-0.2, -0.15) is 24.7 Å². The molecule has 0 amide bonds. The summed E-state index contributed by atoms with van der Waals surface area (Å²) in [5.41, 5.74) is 1.69. The SMILES string of the molecule is C[C@@H]1CN(c2nc(NCc3nc(-c4ccccc4)n[nH]3)n3ncc(Br)c3n2)CCN1C. The molecule has 5 rings (SSSR count). The second-order valence-electron chi connectivity index (χ2n) is 7.68. The normalized spacial score (nSPS) is 17.4. The third-order valence-corrected chi connectivity index (χ3v) is 6.09. The third-order valence-electron chi connectivity index (χ3n) is 5.53. The van der Waals surface area contributed by atoms with Crippen molar-refractivity contribution in [1.82, 2.24) is 39.7 Å². The maximum absolute atomic E-state index is 4.78. The van der Waals surface area contributed by atoms with E-state index in [2.05, 4.69) is 65.3 Å². The van der Waals surface area contributed by atoms with Crippen LogP contribution >= 0.6 is 15.9 Å². The van der Waals surface area contributed by atoms with Gasteiger partial charge in [-0.05, 0) is 29.9 Å². The zero-order valence-corrected chi connectivity index (χ0v) is 18.9. The van der Waals surface area contributed by atoms with Crippen LogP contribution in [-0.2, 0) is 6.54 Å². The minimum absolute atomic E-state index is 0.433. The third kappa shape index (κ3) is 3.98. The number of nitrogens with zero attached hydrogens (tertiary/aromatic N) is 8. The van der Waals surface area contributed by atoms with Crippen molar-refractivity contribution in [2.75, 3.05) is 36.9 Å². The molecule has 31 heavy (non-hydrogen) atoms. The quantitative estimate of drug-likeness (QED) is 0.446. The van der Waals surface area contributed by atoms with Crippen LogP contribution in [0.1, 0.15) is 12.7 Å². The molecular weight excluding hydrogens is 460 g/mol. The van der Waals surface area contributed by atoms with Gasteiger partial charge in [-0.1, -0.05) is 30.3 Å². The van der Waals surface area contributed by atoms with Gasteiger partial charge >= 0.3 is 0 Å². The van der Waals surface area contributed by atoms with Crippen molar-refractivity contribution in [3.63, 3.8) is 0 Å². The molecule has 1 atom stereocenters. The standard InChI is InChI=1S/C20H23BrN10/c1-13-12-30(9-8-29(13)2)20-25-18-15(21)10-23-31(18)19(26-20)22-11-16-24-17(28-27-16)14-6-4-3-5-7-14/h3-7,10,13H,8-9,11-12H2,1-2H3,(H,22,25,26)(H,24,27,28)/t13-/m1/s1. The summed E-state index contributed by atoms with van der Waals surface area (Å²) < 4.78 is 2.52. The number of nitrogens with one attached hydrogen (secondary N) is 2. The highest BCUT2D eigenvalue weighted by atomic mass is 79.9. The largest absolute Gasteiger partial charge is 0.347 e. The van der Waals surface area contributed by atoms with E-state index in [-0.39, 0.29) is 0 Å². The zero-order valence-electron chi connectivity index (χ0n) is 17.3. The van der Waals surface area contributed by atoms with Crippen molar-refractivity contribution in [2.24, 2.45) is 0 Å². The number of hydrogen-bond acceptors (Lipinski definition) is 8. The molecule has 0 unspecified atom stereocenters. The van der Waals surface area contributed by atoms with E-state index < -0.39 is 0 Å². The highest BCUT2D eigenvalue weighted by Crippen LogP contribution is 2.23. The number of anilines is 2. The monoisotopic (exact) mass is 482 g/mol. The van der Waals surface area contributed by atoms with Crippen molar-refractivity contribution in [3.05, 3.63) is 46.8 Å². The summed E-state index contributed by atoms with van der Waals surface area (Å²) in [6.45, 7) is 5.37. The van der Waals surface area contributed by atoms with Crippen molar-refractivity contribution in [1.29, 1.82) is 0 Å². The van der Waals surface area contributed by atoms with Gasteiger partial charge < -0.3 is 15.1 Å². The van der Waals surface area contributed by atoms with Crippen LogP contribution in [0.2, 0.25) is 0 Å². The van der Waals surface area contributed by atoms with Crippen LogP contribution < -0.4 is 10.2 Å². The smallest absolute Gasteiger partial charge is 0.230 e. The fraction of sp³-hybridized carbons (Fsp3) is 0.350. The lowest BCUT2D eigenvalue weighted by molar-refractivity contribution is 0.233. The van der Waals surface area contributed by atoms with Crippen LogP contribution in [0, 0.1) is 0 Å². The molecule has 2 N–H and O–H groups in total. The van der Waals surface area contributed by atoms with Gasteiger partial charge in [-0.25, -0.2) is 4.98 Å². The lowest BCUT2D eigenvalue weighted by atomic mass is 10.2. The lowest BCUT2D eigenvalue weighted by Crippen LogP contribution is -2.50. The lowest BCUT2D eigenvalue weighted by Gasteiger charge is -2.37. The van der Waals surface area contributed by atoms with Gasteiger partial charge in [-0.15, -0.1) is 0 Å². The topological polar surface area (TPSA) is 103 Å².